The molecule has 106 valence electrons. The zero-order valence-electron chi connectivity index (χ0n) is 11.1. The van der Waals surface area contributed by atoms with Gasteiger partial charge in [-0.15, -0.1) is 0 Å². The monoisotopic (exact) mass is 284 g/mol. The highest BCUT2D eigenvalue weighted by molar-refractivity contribution is 7.89. The van der Waals surface area contributed by atoms with Crippen LogP contribution in [0.15, 0.2) is 23.1 Å². The van der Waals surface area contributed by atoms with Crippen LogP contribution in [0.5, 0.6) is 5.75 Å². The van der Waals surface area contributed by atoms with E-state index in [4.69, 9.17) is 10.5 Å². The first-order chi connectivity index (χ1) is 9.03. The molecule has 2 rings (SSSR count). The van der Waals surface area contributed by atoms with Crippen molar-refractivity contribution in [2.45, 2.75) is 31.1 Å². The number of hydrogen-bond donors (Lipinski definition) is 2. The Morgan fingerprint density at radius 2 is 2.16 bits per heavy atom. The maximum atomic E-state index is 12.3. The van der Waals surface area contributed by atoms with Crippen LogP contribution in [-0.4, -0.2) is 21.6 Å². The van der Waals surface area contributed by atoms with Gasteiger partial charge in [-0.05, 0) is 43.9 Å². The minimum absolute atomic E-state index is 0.119. The lowest BCUT2D eigenvalue weighted by Gasteiger charge is -2.25. The predicted octanol–water partition coefficient (Wildman–Crippen LogP) is 1.75. The third-order valence-corrected chi connectivity index (χ3v) is 4.79. The van der Waals surface area contributed by atoms with Crippen molar-refractivity contribution in [2.24, 2.45) is 5.92 Å². The molecule has 1 aromatic carbocycles. The third-order valence-electron chi connectivity index (χ3n) is 3.34. The predicted molar refractivity (Wildman–Crippen MR) is 74.6 cm³/mol. The first kappa shape index (κ1) is 14.1. The Morgan fingerprint density at radius 3 is 2.74 bits per heavy atom. The van der Waals surface area contributed by atoms with Crippen LogP contribution in [0.4, 0.5) is 5.69 Å². The van der Waals surface area contributed by atoms with Crippen LogP contribution in [0.2, 0.25) is 0 Å². The standard InChI is InChI=1S/C13H20N2O3S/c1-2-18-12-7-6-11(14)8-13(12)19(16,17)15-9-10-4-3-5-10/h6-8,10,15H,2-5,9,14H2,1H3. The van der Waals surface area contributed by atoms with Crippen molar-refractivity contribution in [2.75, 3.05) is 18.9 Å². The van der Waals surface area contributed by atoms with E-state index in [1.165, 1.54) is 12.5 Å². The van der Waals surface area contributed by atoms with E-state index < -0.39 is 10.0 Å². The van der Waals surface area contributed by atoms with Crippen LogP contribution >= 0.6 is 0 Å². The van der Waals surface area contributed by atoms with Crippen molar-refractivity contribution < 1.29 is 13.2 Å². The van der Waals surface area contributed by atoms with Gasteiger partial charge in [0.05, 0.1) is 6.61 Å². The van der Waals surface area contributed by atoms with Crippen LogP contribution in [0.25, 0.3) is 0 Å². The largest absolute Gasteiger partial charge is 0.492 e. The van der Waals surface area contributed by atoms with Crippen molar-refractivity contribution >= 4 is 15.7 Å². The number of benzene rings is 1. The van der Waals surface area contributed by atoms with E-state index in [1.54, 1.807) is 12.1 Å². The number of nitrogen functional groups attached to an aromatic ring is 1. The molecule has 0 saturated heterocycles. The Hall–Kier alpha value is -1.27. The lowest BCUT2D eigenvalue weighted by Crippen LogP contribution is -2.32. The van der Waals surface area contributed by atoms with E-state index >= 15 is 0 Å². The molecule has 0 amide bonds. The zero-order chi connectivity index (χ0) is 13.9. The minimum atomic E-state index is -3.56. The summed E-state index contributed by atoms with van der Waals surface area (Å²) in [5.41, 5.74) is 6.08. The molecule has 1 saturated carbocycles. The smallest absolute Gasteiger partial charge is 0.244 e. The zero-order valence-corrected chi connectivity index (χ0v) is 11.9. The molecular weight excluding hydrogens is 264 g/mol. The van der Waals surface area contributed by atoms with Gasteiger partial charge in [0.25, 0.3) is 0 Å². The highest BCUT2D eigenvalue weighted by Crippen LogP contribution is 2.28. The maximum Gasteiger partial charge on any atom is 0.244 e. The maximum absolute atomic E-state index is 12.3. The van der Waals surface area contributed by atoms with Crippen molar-refractivity contribution in [3.8, 4) is 5.75 Å². The second-order valence-electron chi connectivity index (χ2n) is 4.79. The number of nitrogens with one attached hydrogen (secondary N) is 1. The molecule has 19 heavy (non-hydrogen) atoms. The van der Waals surface area contributed by atoms with Gasteiger partial charge in [0, 0.05) is 12.2 Å². The lowest BCUT2D eigenvalue weighted by atomic mass is 9.86. The first-order valence-electron chi connectivity index (χ1n) is 6.55. The second-order valence-corrected chi connectivity index (χ2v) is 6.52. The van der Waals surface area contributed by atoms with Gasteiger partial charge in [-0.25, -0.2) is 13.1 Å². The summed E-state index contributed by atoms with van der Waals surface area (Å²) in [5.74, 6) is 0.809. The minimum Gasteiger partial charge on any atom is -0.492 e. The molecular formula is C13H20N2O3S. The van der Waals surface area contributed by atoms with Crippen molar-refractivity contribution in [1.82, 2.24) is 4.72 Å². The Kier molecular flexibility index (Phi) is 4.31. The molecule has 1 aromatic rings. The Bertz CT molecular complexity index is 539. The summed E-state index contributed by atoms with van der Waals surface area (Å²) in [6.45, 7) is 2.71. The summed E-state index contributed by atoms with van der Waals surface area (Å²) in [5, 5.41) is 0. The number of hydrogen-bond acceptors (Lipinski definition) is 4. The van der Waals surface area contributed by atoms with Crippen LogP contribution < -0.4 is 15.2 Å². The number of nitrogens with two attached hydrogens (primary N) is 1. The van der Waals surface area contributed by atoms with Crippen LogP contribution in [0, 0.1) is 5.92 Å². The van der Waals surface area contributed by atoms with E-state index in [0.29, 0.717) is 30.5 Å². The fourth-order valence-electron chi connectivity index (χ4n) is 2.01. The fraction of sp³-hybridized carbons (Fsp3) is 0.538. The van der Waals surface area contributed by atoms with E-state index in [1.807, 2.05) is 6.92 Å². The molecule has 0 bridgehead atoms. The molecule has 3 N–H and O–H groups in total. The van der Waals surface area contributed by atoms with Crippen molar-refractivity contribution in [3.05, 3.63) is 18.2 Å². The molecule has 5 nitrogen and oxygen atoms in total. The molecule has 0 aromatic heterocycles. The van der Waals surface area contributed by atoms with E-state index in [2.05, 4.69) is 4.72 Å². The third kappa shape index (κ3) is 3.39. The van der Waals surface area contributed by atoms with Gasteiger partial charge in [0.15, 0.2) is 0 Å². The van der Waals surface area contributed by atoms with Crippen molar-refractivity contribution in [3.63, 3.8) is 0 Å². The van der Waals surface area contributed by atoms with E-state index in [-0.39, 0.29) is 4.90 Å². The molecule has 0 unspecified atom stereocenters. The number of rotatable bonds is 6. The van der Waals surface area contributed by atoms with Gasteiger partial charge in [-0.1, -0.05) is 6.42 Å². The van der Waals surface area contributed by atoms with Gasteiger partial charge >= 0.3 is 0 Å². The van der Waals surface area contributed by atoms with Crippen molar-refractivity contribution in [1.29, 1.82) is 0 Å². The summed E-state index contributed by atoms with van der Waals surface area (Å²) in [6.07, 6.45) is 3.38. The SMILES string of the molecule is CCOc1ccc(N)cc1S(=O)(=O)NCC1CCC1. The molecule has 0 atom stereocenters. The van der Waals surface area contributed by atoms with Gasteiger partial charge in [-0.3, -0.25) is 0 Å². The average molecular weight is 284 g/mol. The van der Waals surface area contributed by atoms with Crippen LogP contribution in [0.3, 0.4) is 0 Å². The Labute approximate surface area is 114 Å². The van der Waals surface area contributed by atoms with Gasteiger partial charge in [0.2, 0.25) is 10.0 Å². The molecule has 0 radical (unpaired) electrons. The van der Waals surface area contributed by atoms with E-state index in [0.717, 1.165) is 12.8 Å². The normalized spacial score (nSPS) is 16.1. The number of sulfonamides is 1. The highest BCUT2D eigenvalue weighted by atomic mass is 32.2. The van der Waals surface area contributed by atoms with Crippen LogP contribution in [0.1, 0.15) is 26.2 Å². The number of anilines is 1. The van der Waals surface area contributed by atoms with Crippen LogP contribution in [-0.2, 0) is 10.0 Å². The quantitative estimate of drug-likeness (QED) is 0.780. The number of ether oxygens (including phenoxy) is 1. The summed E-state index contributed by atoms with van der Waals surface area (Å²) < 4.78 is 32.5. The fourth-order valence-corrected chi connectivity index (χ4v) is 3.31. The molecule has 1 fully saturated rings. The van der Waals surface area contributed by atoms with Gasteiger partial charge in [0.1, 0.15) is 10.6 Å². The van der Waals surface area contributed by atoms with Gasteiger partial charge < -0.3 is 10.5 Å². The lowest BCUT2D eigenvalue weighted by molar-refractivity contribution is 0.315. The highest BCUT2D eigenvalue weighted by Gasteiger charge is 2.24. The molecule has 0 spiro atoms. The molecule has 6 heteroatoms. The summed E-state index contributed by atoms with van der Waals surface area (Å²) in [7, 11) is -3.56. The average Bonchev–Trinajstić information content (AvgIpc) is 2.29. The topological polar surface area (TPSA) is 81.4 Å². The summed E-state index contributed by atoms with van der Waals surface area (Å²) >= 11 is 0. The molecule has 0 heterocycles. The van der Waals surface area contributed by atoms with Gasteiger partial charge in [-0.2, -0.15) is 0 Å². The Morgan fingerprint density at radius 1 is 1.42 bits per heavy atom. The summed E-state index contributed by atoms with van der Waals surface area (Å²) in [6, 6.07) is 4.67. The molecule has 1 aliphatic rings. The second kappa shape index (κ2) is 5.79. The molecule has 1 aliphatic carbocycles. The molecule has 0 aliphatic heterocycles. The summed E-state index contributed by atoms with van der Waals surface area (Å²) in [4.78, 5) is 0.119. The Balaban J connectivity index is 2.19. The first-order valence-corrected chi connectivity index (χ1v) is 8.03. The van der Waals surface area contributed by atoms with E-state index in [9.17, 15) is 8.42 Å².